The molecule has 5 nitrogen and oxygen atoms in total. The van der Waals surface area contributed by atoms with Crippen LogP contribution in [0.15, 0.2) is 0 Å². The number of rotatable bonds is 3. The summed E-state index contributed by atoms with van der Waals surface area (Å²) in [7, 11) is 0. The average molecular weight is 253 g/mol. The van der Waals surface area contributed by atoms with E-state index in [1.807, 2.05) is 0 Å². The third kappa shape index (κ3) is 2.23. The Morgan fingerprint density at radius 2 is 2.06 bits per heavy atom. The van der Waals surface area contributed by atoms with Gasteiger partial charge in [0.25, 0.3) is 0 Å². The van der Waals surface area contributed by atoms with Crippen LogP contribution >= 0.6 is 0 Å². The number of carbonyl (C=O) groups excluding carboxylic acids is 2. The summed E-state index contributed by atoms with van der Waals surface area (Å²) in [5, 5.41) is 0. The molecular weight excluding hydrogens is 230 g/mol. The van der Waals surface area contributed by atoms with Gasteiger partial charge in [-0.25, -0.2) is 0 Å². The van der Waals surface area contributed by atoms with E-state index in [1.54, 1.807) is 4.90 Å². The highest BCUT2D eigenvalue weighted by Gasteiger charge is 2.49. The Hall–Kier alpha value is -1.10. The normalized spacial score (nSPS) is 36.0. The molecule has 0 bridgehead atoms. The highest BCUT2D eigenvalue weighted by atomic mass is 16.2. The lowest BCUT2D eigenvalue weighted by Gasteiger charge is -2.48. The molecule has 2 aliphatic rings. The summed E-state index contributed by atoms with van der Waals surface area (Å²) in [4.78, 5) is 25.6. The summed E-state index contributed by atoms with van der Waals surface area (Å²) < 4.78 is 0. The zero-order chi connectivity index (χ0) is 13.3. The first-order valence-corrected chi connectivity index (χ1v) is 6.77. The van der Waals surface area contributed by atoms with Crippen molar-refractivity contribution in [3.63, 3.8) is 0 Å². The summed E-state index contributed by atoms with van der Waals surface area (Å²) >= 11 is 0. The monoisotopic (exact) mass is 253 g/mol. The fourth-order valence-corrected chi connectivity index (χ4v) is 3.43. The molecule has 1 saturated carbocycles. The minimum Gasteiger partial charge on any atom is -0.369 e. The molecule has 1 aliphatic carbocycles. The van der Waals surface area contributed by atoms with E-state index in [0.29, 0.717) is 19.0 Å². The molecule has 2 rings (SSSR count). The summed E-state index contributed by atoms with van der Waals surface area (Å²) in [6, 6.07) is 0. The van der Waals surface area contributed by atoms with E-state index in [9.17, 15) is 9.59 Å². The first-order chi connectivity index (χ1) is 8.48. The summed E-state index contributed by atoms with van der Waals surface area (Å²) in [6.45, 7) is 3.76. The van der Waals surface area contributed by atoms with Gasteiger partial charge in [-0.15, -0.1) is 0 Å². The van der Waals surface area contributed by atoms with Gasteiger partial charge >= 0.3 is 0 Å². The van der Waals surface area contributed by atoms with Crippen LogP contribution < -0.4 is 11.5 Å². The Morgan fingerprint density at radius 1 is 1.39 bits per heavy atom. The Morgan fingerprint density at radius 3 is 2.56 bits per heavy atom. The van der Waals surface area contributed by atoms with Crippen LogP contribution in [0.5, 0.6) is 0 Å². The number of piperidine rings is 1. The maximum atomic E-state index is 12.5. The van der Waals surface area contributed by atoms with E-state index in [4.69, 9.17) is 11.5 Å². The van der Waals surface area contributed by atoms with E-state index in [0.717, 1.165) is 32.2 Å². The van der Waals surface area contributed by atoms with Crippen LogP contribution in [0.4, 0.5) is 0 Å². The van der Waals surface area contributed by atoms with Crippen molar-refractivity contribution in [1.29, 1.82) is 0 Å². The van der Waals surface area contributed by atoms with Crippen molar-refractivity contribution in [3.8, 4) is 0 Å². The quantitative estimate of drug-likeness (QED) is 0.746. The second-order valence-corrected chi connectivity index (χ2v) is 5.99. The highest BCUT2D eigenvalue weighted by Crippen LogP contribution is 2.46. The number of primary amides is 1. The molecule has 1 aliphatic heterocycles. The number of likely N-dealkylation sites (tertiary alicyclic amines) is 1. The third-order valence-electron chi connectivity index (χ3n) is 4.43. The fourth-order valence-electron chi connectivity index (χ4n) is 3.43. The molecule has 18 heavy (non-hydrogen) atoms. The maximum Gasteiger partial charge on any atom is 0.230 e. The lowest BCUT2D eigenvalue weighted by Crippen LogP contribution is -2.57. The molecule has 2 fully saturated rings. The first kappa shape index (κ1) is 13.3. The van der Waals surface area contributed by atoms with Crippen LogP contribution in [-0.2, 0) is 9.59 Å². The number of hydrogen-bond acceptors (Lipinski definition) is 3. The van der Waals surface area contributed by atoms with Crippen LogP contribution in [0.25, 0.3) is 0 Å². The van der Waals surface area contributed by atoms with Gasteiger partial charge in [-0.3, -0.25) is 9.59 Å². The van der Waals surface area contributed by atoms with Gasteiger partial charge in [0.2, 0.25) is 11.8 Å². The Labute approximate surface area is 108 Å². The molecule has 1 saturated heterocycles. The van der Waals surface area contributed by atoms with E-state index in [1.165, 1.54) is 0 Å². The van der Waals surface area contributed by atoms with Gasteiger partial charge in [-0.1, -0.05) is 6.92 Å². The van der Waals surface area contributed by atoms with Crippen LogP contribution in [-0.4, -0.2) is 36.3 Å². The van der Waals surface area contributed by atoms with Crippen molar-refractivity contribution in [1.82, 2.24) is 4.90 Å². The summed E-state index contributed by atoms with van der Waals surface area (Å²) in [5.41, 5.74) is 10.8. The Balaban J connectivity index is 2.02. The van der Waals surface area contributed by atoms with Crippen LogP contribution in [0, 0.1) is 17.3 Å². The predicted molar refractivity (Wildman–Crippen MR) is 68.4 cm³/mol. The van der Waals surface area contributed by atoms with Crippen LogP contribution in [0.3, 0.4) is 0 Å². The van der Waals surface area contributed by atoms with E-state index >= 15 is 0 Å². The van der Waals surface area contributed by atoms with Crippen LogP contribution in [0.1, 0.15) is 32.6 Å². The summed E-state index contributed by atoms with van der Waals surface area (Å²) in [5.74, 6) is 0.231. The Bertz CT molecular complexity index is 350. The van der Waals surface area contributed by atoms with Gasteiger partial charge in [0, 0.05) is 19.6 Å². The highest BCUT2D eigenvalue weighted by molar-refractivity contribution is 5.85. The molecular formula is C13H23N3O2. The number of amides is 2. The number of nitrogens with two attached hydrogens (primary N) is 2. The molecule has 1 heterocycles. The predicted octanol–water partition coefficient (Wildman–Crippen LogP) is 0.0853. The Kier molecular flexibility index (Phi) is 3.61. The van der Waals surface area contributed by atoms with Gasteiger partial charge in [-0.2, -0.15) is 0 Å². The van der Waals surface area contributed by atoms with Gasteiger partial charge in [0.15, 0.2) is 0 Å². The van der Waals surface area contributed by atoms with E-state index in [-0.39, 0.29) is 23.1 Å². The molecule has 5 heteroatoms. The molecule has 0 aromatic rings. The zero-order valence-corrected chi connectivity index (χ0v) is 11.0. The van der Waals surface area contributed by atoms with Gasteiger partial charge in [0.05, 0.1) is 11.3 Å². The number of carbonyl (C=O) groups is 2. The van der Waals surface area contributed by atoms with Gasteiger partial charge in [0.1, 0.15) is 0 Å². The van der Waals surface area contributed by atoms with E-state index < -0.39 is 0 Å². The second kappa shape index (κ2) is 4.88. The molecule has 1 atom stereocenters. The number of nitrogens with zero attached hydrogens (tertiary/aromatic N) is 1. The molecule has 0 aromatic heterocycles. The number of hydrogen-bond donors (Lipinski definition) is 2. The summed E-state index contributed by atoms with van der Waals surface area (Å²) in [6.07, 6.45) is 3.40. The van der Waals surface area contributed by atoms with Crippen molar-refractivity contribution in [2.75, 3.05) is 19.6 Å². The molecule has 102 valence electrons. The van der Waals surface area contributed by atoms with Crippen LogP contribution in [0.2, 0.25) is 0 Å². The molecule has 2 amide bonds. The molecule has 0 spiro atoms. The first-order valence-electron chi connectivity index (χ1n) is 6.77. The van der Waals surface area contributed by atoms with Crippen molar-refractivity contribution in [3.05, 3.63) is 0 Å². The molecule has 0 radical (unpaired) electrons. The SMILES string of the molecule is CC1CC(CN)(C(=O)N2CCCC(C(N)=O)C2)C1. The smallest absolute Gasteiger partial charge is 0.230 e. The van der Waals surface area contributed by atoms with Gasteiger partial charge < -0.3 is 16.4 Å². The van der Waals surface area contributed by atoms with Gasteiger partial charge in [-0.05, 0) is 31.6 Å². The minimum atomic E-state index is -0.362. The van der Waals surface area contributed by atoms with Crippen molar-refractivity contribution in [2.24, 2.45) is 28.7 Å². The lowest BCUT2D eigenvalue weighted by molar-refractivity contribution is -0.152. The lowest BCUT2D eigenvalue weighted by atomic mass is 9.61. The standard InChI is InChI=1S/C13H23N3O2/c1-9-5-13(6-9,8-14)12(18)16-4-2-3-10(7-16)11(15)17/h9-10H,2-8,14H2,1H3,(H2,15,17). The topological polar surface area (TPSA) is 89.4 Å². The fraction of sp³-hybridized carbons (Fsp3) is 0.846. The second-order valence-electron chi connectivity index (χ2n) is 5.99. The molecule has 0 aromatic carbocycles. The molecule has 1 unspecified atom stereocenters. The zero-order valence-electron chi connectivity index (χ0n) is 11.0. The third-order valence-corrected chi connectivity index (χ3v) is 4.43. The largest absolute Gasteiger partial charge is 0.369 e. The van der Waals surface area contributed by atoms with E-state index in [2.05, 4.69) is 6.92 Å². The van der Waals surface area contributed by atoms with Crippen molar-refractivity contribution < 1.29 is 9.59 Å². The average Bonchev–Trinajstić information content (AvgIpc) is 2.34. The van der Waals surface area contributed by atoms with Crippen molar-refractivity contribution in [2.45, 2.75) is 32.6 Å². The minimum absolute atomic E-state index is 0.133. The maximum absolute atomic E-state index is 12.5. The van der Waals surface area contributed by atoms with Crippen molar-refractivity contribution >= 4 is 11.8 Å². The molecule has 4 N–H and O–H groups in total.